The molecule has 2 amide bonds. The highest BCUT2D eigenvalue weighted by Crippen LogP contribution is 2.30. The lowest BCUT2D eigenvalue weighted by molar-refractivity contribution is -0.130. The molecular weight excluding hydrogens is 404 g/mol. The van der Waals surface area contributed by atoms with Crippen LogP contribution in [0.3, 0.4) is 0 Å². The number of fused-ring (bicyclic) bond motifs is 2. The number of aromatic nitrogens is 4. The molecule has 8 nitrogen and oxygen atoms in total. The van der Waals surface area contributed by atoms with E-state index in [0.29, 0.717) is 18.7 Å². The summed E-state index contributed by atoms with van der Waals surface area (Å²) in [5.41, 5.74) is 3.93. The van der Waals surface area contributed by atoms with Crippen LogP contribution in [0.2, 0.25) is 0 Å². The van der Waals surface area contributed by atoms with Crippen molar-refractivity contribution in [3.05, 3.63) is 65.9 Å². The van der Waals surface area contributed by atoms with Gasteiger partial charge in [-0.2, -0.15) is 0 Å². The second-order valence-electron chi connectivity index (χ2n) is 8.37. The van der Waals surface area contributed by atoms with Gasteiger partial charge in [0, 0.05) is 44.2 Å². The number of benzene rings is 2. The van der Waals surface area contributed by atoms with Crippen LogP contribution in [0.4, 0.5) is 0 Å². The van der Waals surface area contributed by atoms with Crippen molar-refractivity contribution < 1.29 is 9.59 Å². The van der Waals surface area contributed by atoms with E-state index in [9.17, 15) is 9.59 Å². The van der Waals surface area contributed by atoms with Gasteiger partial charge in [0.2, 0.25) is 5.91 Å². The van der Waals surface area contributed by atoms with Crippen molar-refractivity contribution in [1.29, 1.82) is 0 Å². The third-order valence-corrected chi connectivity index (χ3v) is 6.04. The van der Waals surface area contributed by atoms with Gasteiger partial charge in [0.1, 0.15) is 12.1 Å². The Morgan fingerprint density at radius 1 is 1.06 bits per heavy atom. The van der Waals surface area contributed by atoms with Gasteiger partial charge < -0.3 is 9.80 Å². The van der Waals surface area contributed by atoms with Gasteiger partial charge in [-0.25, -0.2) is 4.68 Å². The maximum atomic E-state index is 13.0. The van der Waals surface area contributed by atoms with E-state index in [4.69, 9.17) is 4.98 Å². The zero-order valence-electron chi connectivity index (χ0n) is 18.1. The van der Waals surface area contributed by atoms with Gasteiger partial charge in [0.25, 0.3) is 5.91 Å². The van der Waals surface area contributed by atoms with Crippen molar-refractivity contribution in [2.45, 2.75) is 18.9 Å². The Morgan fingerprint density at radius 2 is 1.81 bits per heavy atom. The van der Waals surface area contributed by atoms with Crippen LogP contribution >= 0.6 is 0 Å². The molecule has 2 aromatic heterocycles. The Hall–Kier alpha value is -3.81. The van der Waals surface area contributed by atoms with Gasteiger partial charge in [-0.1, -0.05) is 35.5 Å². The van der Waals surface area contributed by atoms with Crippen LogP contribution in [0.1, 0.15) is 28.4 Å². The summed E-state index contributed by atoms with van der Waals surface area (Å²) >= 11 is 0. The molecule has 8 heteroatoms. The van der Waals surface area contributed by atoms with E-state index in [0.717, 1.165) is 34.1 Å². The lowest BCUT2D eigenvalue weighted by atomic mass is 9.99. The number of carbonyl (C=O) groups is 2. The van der Waals surface area contributed by atoms with Crippen molar-refractivity contribution in [3.8, 4) is 0 Å². The summed E-state index contributed by atoms with van der Waals surface area (Å²) in [6.07, 6.45) is 0.810. The number of pyridine rings is 1. The number of para-hydroxylation sites is 2. The van der Waals surface area contributed by atoms with Gasteiger partial charge in [-0.3, -0.25) is 14.6 Å². The number of carbonyl (C=O) groups excluding carboxylic acids is 2. The van der Waals surface area contributed by atoms with Gasteiger partial charge in [-0.05, 0) is 30.7 Å². The summed E-state index contributed by atoms with van der Waals surface area (Å²) in [6, 6.07) is 17.2. The molecule has 0 radical (unpaired) electrons. The molecular formula is C24H24N6O2. The predicted molar refractivity (Wildman–Crippen MR) is 121 cm³/mol. The van der Waals surface area contributed by atoms with Crippen LogP contribution in [0.15, 0.2) is 54.6 Å². The van der Waals surface area contributed by atoms with E-state index in [1.165, 1.54) is 0 Å². The molecule has 1 saturated heterocycles. The highest BCUT2D eigenvalue weighted by molar-refractivity contribution is 6.06. The highest BCUT2D eigenvalue weighted by Gasteiger charge is 2.30. The van der Waals surface area contributed by atoms with E-state index in [2.05, 4.69) is 10.3 Å². The maximum Gasteiger partial charge on any atom is 0.254 e. The quantitative estimate of drug-likeness (QED) is 0.499. The Bertz CT molecular complexity index is 1330. The van der Waals surface area contributed by atoms with Crippen LogP contribution in [0, 0.1) is 0 Å². The Balaban J connectivity index is 1.38. The molecule has 1 atom stereocenters. The molecule has 2 aromatic carbocycles. The first kappa shape index (κ1) is 20.1. The second kappa shape index (κ2) is 8.03. The SMILES string of the molecule is CN(C)C(=O)c1cc([C@H]2CCN(C(=O)Cn3nnc4ccccc43)C2)nc2ccccc12. The standard InChI is InChI=1S/C24H24N6O2/c1-28(2)24(32)18-13-21(25-19-8-4-3-7-17(18)19)16-11-12-29(14-16)23(31)15-30-22-10-6-5-9-20(22)26-27-30/h3-10,13,16H,11-12,14-15H2,1-2H3/t16-/m0/s1. The van der Waals surface area contributed by atoms with E-state index in [1.807, 2.05) is 59.5 Å². The number of rotatable bonds is 4. The molecule has 1 fully saturated rings. The van der Waals surface area contributed by atoms with Gasteiger partial charge in [-0.15, -0.1) is 5.10 Å². The molecule has 5 rings (SSSR count). The molecule has 0 aliphatic carbocycles. The third-order valence-electron chi connectivity index (χ3n) is 6.04. The van der Waals surface area contributed by atoms with Crippen LogP contribution in [0.5, 0.6) is 0 Å². The monoisotopic (exact) mass is 428 g/mol. The van der Waals surface area contributed by atoms with Crippen molar-refractivity contribution in [2.75, 3.05) is 27.2 Å². The minimum Gasteiger partial charge on any atom is -0.345 e. The fourth-order valence-corrected chi connectivity index (χ4v) is 4.31. The molecule has 0 unspecified atom stereocenters. The minimum atomic E-state index is -0.0474. The molecule has 0 N–H and O–H groups in total. The van der Waals surface area contributed by atoms with Crippen LogP contribution in [-0.4, -0.2) is 68.8 Å². The first-order valence-electron chi connectivity index (χ1n) is 10.7. The summed E-state index contributed by atoms with van der Waals surface area (Å²) < 4.78 is 1.65. The molecule has 1 aliphatic rings. The highest BCUT2D eigenvalue weighted by atomic mass is 16.2. The van der Waals surface area contributed by atoms with E-state index in [1.54, 1.807) is 23.7 Å². The molecule has 0 bridgehead atoms. The third kappa shape index (κ3) is 3.57. The summed E-state index contributed by atoms with van der Waals surface area (Å²) in [6.45, 7) is 1.39. The maximum absolute atomic E-state index is 13.0. The average Bonchev–Trinajstić information content (AvgIpc) is 3.46. The molecule has 3 heterocycles. The number of likely N-dealkylation sites (tertiary alicyclic amines) is 1. The van der Waals surface area contributed by atoms with Crippen LogP contribution in [-0.2, 0) is 11.3 Å². The van der Waals surface area contributed by atoms with Crippen molar-refractivity contribution in [3.63, 3.8) is 0 Å². The zero-order chi connectivity index (χ0) is 22.2. The largest absolute Gasteiger partial charge is 0.345 e. The normalized spacial score (nSPS) is 16.1. The smallest absolute Gasteiger partial charge is 0.254 e. The first-order valence-corrected chi connectivity index (χ1v) is 10.7. The van der Waals surface area contributed by atoms with Crippen molar-refractivity contribution in [1.82, 2.24) is 29.8 Å². The van der Waals surface area contributed by atoms with Crippen molar-refractivity contribution in [2.24, 2.45) is 0 Å². The van der Waals surface area contributed by atoms with E-state index in [-0.39, 0.29) is 24.3 Å². The number of hydrogen-bond donors (Lipinski definition) is 0. The fourth-order valence-electron chi connectivity index (χ4n) is 4.31. The van der Waals surface area contributed by atoms with Crippen LogP contribution in [0.25, 0.3) is 21.9 Å². The first-order chi connectivity index (χ1) is 15.5. The number of amides is 2. The minimum absolute atomic E-state index is 0.00790. The summed E-state index contributed by atoms with van der Waals surface area (Å²) in [5.74, 6) is 0.0483. The molecule has 162 valence electrons. The topological polar surface area (TPSA) is 84.2 Å². The Kier molecular flexibility index (Phi) is 5.05. The molecule has 1 aliphatic heterocycles. The zero-order valence-corrected chi connectivity index (χ0v) is 18.1. The molecule has 4 aromatic rings. The van der Waals surface area contributed by atoms with E-state index < -0.39 is 0 Å². The second-order valence-corrected chi connectivity index (χ2v) is 8.37. The van der Waals surface area contributed by atoms with E-state index >= 15 is 0 Å². The molecule has 0 spiro atoms. The summed E-state index contributed by atoms with van der Waals surface area (Å²) in [7, 11) is 3.50. The lowest BCUT2D eigenvalue weighted by Crippen LogP contribution is -2.32. The Labute approximate surface area is 185 Å². The Morgan fingerprint density at radius 3 is 2.62 bits per heavy atom. The fraction of sp³-hybridized carbons (Fsp3) is 0.292. The summed E-state index contributed by atoms with van der Waals surface area (Å²) in [4.78, 5) is 34.0. The predicted octanol–water partition coefficient (Wildman–Crippen LogP) is 2.70. The van der Waals surface area contributed by atoms with Gasteiger partial charge in [0.05, 0.1) is 16.6 Å². The number of hydrogen-bond acceptors (Lipinski definition) is 5. The average molecular weight is 428 g/mol. The molecule has 32 heavy (non-hydrogen) atoms. The lowest BCUT2D eigenvalue weighted by Gasteiger charge is -2.18. The number of nitrogens with zero attached hydrogens (tertiary/aromatic N) is 6. The van der Waals surface area contributed by atoms with Gasteiger partial charge >= 0.3 is 0 Å². The van der Waals surface area contributed by atoms with Gasteiger partial charge in [0.15, 0.2) is 0 Å². The molecule has 0 saturated carbocycles. The summed E-state index contributed by atoms with van der Waals surface area (Å²) in [5, 5.41) is 9.10. The van der Waals surface area contributed by atoms with Crippen molar-refractivity contribution >= 4 is 33.8 Å². The van der Waals surface area contributed by atoms with Crippen LogP contribution < -0.4 is 0 Å².